The molecule has 19 heavy (non-hydrogen) atoms. The van der Waals surface area contributed by atoms with Gasteiger partial charge in [-0.25, -0.2) is 0 Å². The van der Waals surface area contributed by atoms with Crippen LogP contribution in [-0.2, 0) is 0 Å². The first kappa shape index (κ1) is 11.7. The number of hydrogen-bond donors (Lipinski definition) is 1. The Labute approximate surface area is 114 Å². The van der Waals surface area contributed by atoms with Crippen LogP contribution in [0.5, 0.6) is 0 Å². The maximum atomic E-state index is 5.90. The molecule has 6 heteroatoms. The Kier molecular flexibility index (Phi) is 3.12. The molecule has 0 saturated carbocycles. The summed E-state index contributed by atoms with van der Waals surface area (Å²) < 4.78 is 5.13. The lowest BCUT2D eigenvalue weighted by Crippen LogP contribution is -1.90. The van der Waals surface area contributed by atoms with Crippen molar-refractivity contribution in [3.8, 4) is 11.4 Å². The summed E-state index contributed by atoms with van der Waals surface area (Å²) in [4.78, 5) is 8.18. The third-order valence-electron chi connectivity index (χ3n) is 2.44. The Bertz CT molecular complexity index is 684. The minimum Gasteiger partial charge on any atom is -0.315 e. The van der Waals surface area contributed by atoms with Crippen molar-refractivity contribution < 1.29 is 4.52 Å². The molecule has 0 aliphatic carbocycles. The van der Waals surface area contributed by atoms with E-state index in [1.165, 1.54) is 0 Å². The molecule has 0 aliphatic rings. The van der Waals surface area contributed by atoms with E-state index in [1.807, 2.05) is 24.3 Å². The van der Waals surface area contributed by atoms with E-state index in [2.05, 4.69) is 20.4 Å². The zero-order valence-electron chi connectivity index (χ0n) is 9.75. The van der Waals surface area contributed by atoms with Crippen LogP contribution in [0.1, 0.15) is 0 Å². The summed E-state index contributed by atoms with van der Waals surface area (Å²) >= 11 is 5.90. The number of halogens is 1. The van der Waals surface area contributed by atoms with Crippen LogP contribution >= 0.6 is 11.6 Å². The second kappa shape index (κ2) is 5.07. The SMILES string of the molecule is Clc1cccc(Nc2nc(-c3ccncc3)no2)c1. The van der Waals surface area contributed by atoms with Gasteiger partial charge >= 0.3 is 6.01 Å². The number of nitrogens with zero attached hydrogens (tertiary/aromatic N) is 3. The van der Waals surface area contributed by atoms with Gasteiger partial charge in [0.05, 0.1) is 0 Å². The smallest absolute Gasteiger partial charge is 0.315 e. The number of anilines is 2. The molecule has 0 unspecified atom stereocenters. The van der Waals surface area contributed by atoms with Crippen molar-refractivity contribution in [2.75, 3.05) is 5.32 Å². The normalized spacial score (nSPS) is 10.4. The monoisotopic (exact) mass is 272 g/mol. The highest BCUT2D eigenvalue weighted by Crippen LogP contribution is 2.21. The van der Waals surface area contributed by atoms with Crippen molar-refractivity contribution in [3.63, 3.8) is 0 Å². The Morgan fingerprint density at radius 1 is 1.11 bits per heavy atom. The van der Waals surface area contributed by atoms with Crippen LogP contribution in [0.25, 0.3) is 11.4 Å². The largest absolute Gasteiger partial charge is 0.326 e. The summed E-state index contributed by atoms with van der Waals surface area (Å²) in [5, 5.41) is 7.53. The first-order chi connectivity index (χ1) is 9.31. The highest BCUT2D eigenvalue weighted by molar-refractivity contribution is 6.30. The first-order valence-electron chi connectivity index (χ1n) is 5.58. The van der Waals surface area contributed by atoms with Gasteiger partial charge in [-0.1, -0.05) is 22.8 Å². The van der Waals surface area contributed by atoms with E-state index < -0.39 is 0 Å². The van der Waals surface area contributed by atoms with E-state index >= 15 is 0 Å². The number of rotatable bonds is 3. The maximum Gasteiger partial charge on any atom is 0.326 e. The standard InChI is InChI=1S/C13H9ClN4O/c14-10-2-1-3-11(8-10)16-13-17-12(18-19-13)9-4-6-15-7-5-9/h1-8H,(H,16,17,18). The van der Waals surface area contributed by atoms with Gasteiger partial charge in [-0.2, -0.15) is 4.98 Å². The number of pyridine rings is 1. The van der Waals surface area contributed by atoms with E-state index in [1.54, 1.807) is 24.5 Å². The third kappa shape index (κ3) is 2.71. The number of benzene rings is 1. The lowest BCUT2D eigenvalue weighted by Gasteiger charge is -1.99. The fourth-order valence-corrected chi connectivity index (χ4v) is 1.77. The molecule has 3 aromatic rings. The highest BCUT2D eigenvalue weighted by Gasteiger charge is 2.08. The molecule has 5 nitrogen and oxygen atoms in total. The van der Waals surface area contributed by atoms with Crippen LogP contribution in [0.15, 0.2) is 53.3 Å². The zero-order valence-corrected chi connectivity index (χ0v) is 10.5. The average Bonchev–Trinajstić information content (AvgIpc) is 2.88. The Hall–Kier alpha value is -2.40. The minimum atomic E-state index is 0.314. The van der Waals surface area contributed by atoms with E-state index in [-0.39, 0.29) is 0 Å². The highest BCUT2D eigenvalue weighted by atomic mass is 35.5. The fraction of sp³-hybridized carbons (Fsp3) is 0. The van der Waals surface area contributed by atoms with Crippen molar-refractivity contribution in [2.45, 2.75) is 0 Å². The van der Waals surface area contributed by atoms with Gasteiger partial charge in [-0.05, 0) is 30.3 Å². The van der Waals surface area contributed by atoms with Crippen LogP contribution in [0.3, 0.4) is 0 Å². The first-order valence-corrected chi connectivity index (χ1v) is 5.96. The van der Waals surface area contributed by atoms with Gasteiger partial charge in [0.2, 0.25) is 5.82 Å². The second-order valence-electron chi connectivity index (χ2n) is 3.79. The van der Waals surface area contributed by atoms with Gasteiger partial charge in [0.1, 0.15) is 0 Å². The van der Waals surface area contributed by atoms with Crippen molar-refractivity contribution in [2.24, 2.45) is 0 Å². The molecule has 2 aromatic heterocycles. The second-order valence-corrected chi connectivity index (χ2v) is 4.23. The molecule has 0 atom stereocenters. The molecule has 2 heterocycles. The Morgan fingerprint density at radius 3 is 2.74 bits per heavy atom. The van der Waals surface area contributed by atoms with E-state index in [0.717, 1.165) is 11.3 Å². The molecular formula is C13H9ClN4O. The quantitative estimate of drug-likeness (QED) is 0.790. The summed E-state index contributed by atoms with van der Waals surface area (Å²) in [6, 6.07) is 11.2. The summed E-state index contributed by atoms with van der Waals surface area (Å²) in [5.41, 5.74) is 1.63. The summed E-state index contributed by atoms with van der Waals surface area (Å²) in [5.74, 6) is 0.506. The summed E-state index contributed by atoms with van der Waals surface area (Å²) in [7, 11) is 0. The van der Waals surface area contributed by atoms with E-state index in [4.69, 9.17) is 16.1 Å². The van der Waals surface area contributed by atoms with E-state index in [0.29, 0.717) is 16.9 Å². The van der Waals surface area contributed by atoms with Gasteiger partial charge in [0.15, 0.2) is 0 Å². The number of nitrogens with one attached hydrogen (secondary N) is 1. The molecule has 94 valence electrons. The molecule has 0 aliphatic heterocycles. The molecule has 0 spiro atoms. The van der Waals surface area contributed by atoms with Crippen LogP contribution in [0, 0.1) is 0 Å². The third-order valence-corrected chi connectivity index (χ3v) is 2.68. The molecule has 0 radical (unpaired) electrons. The lowest BCUT2D eigenvalue weighted by atomic mass is 10.3. The van der Waals surface area contributed by atoms with Crippen molar-refractivity contribution >= 4 is 23.3 Å². The lowest BCUT2D eigenvalue weighted by molar-refractivity contribution is 0.435. The van der Waals surface area contributed by atoms with Gasteiger partial charge in [-0.15, -0.1) is 0 Å². The molecule has 0 saturated heterocycles. The molecule has 0 bridgehead atoms. The predicted molar refractivity (Wildman–Crippen MR) is 72.3 cm³/mol. The van der Waals surface area contributed by atoms with E-state index in [9.17, 15) is 0 Å². The van der Waals surface area contributed by atoms with Crippen molar-refractivity contribution in [1.29, 1.82) is 0 Å². The minimum absolute atomic E-state index is 0.314. The van der Waals surface area contributed by atoms with Gasteiger partial charge < -0.3 is 9.84 Å². The number of aromatic nitrogens is 3. The topological polar surface area (TPSA) is 63.8 Å². The summed E-state index contributed by atoms with van der Waals surface area (Å²) in [6.45, 7) is 0. The molecule has 3 rings (SSSR count). The molecule has 1 aromatic carbocycles. The number of hydrogen-bond acceptors (Lipinski definition) is 5. The maximum absolute atomic E-state index is 5.90. The molecule has 0 fully saturated rings. The average molecular weight is 273 g/mol. The van der Waals surface area contributed by atoms with Crippen LogP contribution in [-0.4, -0.2) is 15.1 Å². The van der Waals surface area contributed by atoms with Crippen LogP contribution in [0.4, 0.5) is 11.7 Å². The van der Waals surface area contributed by atoms with Crippen LogP contribution in [0.2, 0.25) is 5.02 Å². The predicted octanol–water partition coefficient (Wildman–Crippen LogP) is 3.53. The Balaban J connectivity index is 1.82. The molecular weight excluding hydrogens is 264 g/mol. The molecule has 0 amide bonds. The van der Waals surface area contributed by atoms with Gasteiger partial charge in [0, 0.05) is 28.7 Å². The summed E-state index contributed by atoms with van der Waals surface area (Å²) in [6.07, 6.45) is 3.35. The van der Waals surface area contributed by atoms with Crippen molar-refractivity contribution in [1.82, 2.24) is 15.1 Å². The molecule has 1 N–H and O–H groups in total. The van der Waals surface area contributed by atoms with Gasteiger partial charge in [0.25, 0.3) is 0 Å². The fourth-order valence-electron chi connectivity index (χ4n) is 1.58. The Morgan fingerprint density at radius 2 is 1.95 bits per heavy atom. The van der Waals surface area contributed by atoms with Gasteiger partial charge in [-0.3, -0.25) is 4.98 Å². The van der Waals surface area contributed by atoms with Crippen LogP contribution < -0.4 is 5.32 Å². The van der Waals surface area contributed by atoms with Crippen molar-refractivity contribution in [3.05, 3.63) is 53.8 Å². The zero-order chi connectivity index (χ0) is 13.1.